The first-order chi connectivity index (χ1) is 9.72. The summed E-state index contributed by atoms with van der Waals surface area (Å²) in [7, 11) is 0. The molecule has 0 N–H and O–H groups in total. The van der Waals surface area contributed by atoms with E-state index in [1.165, 1.54) is 37.0 Å². The molecule has 0 unspecified atom stereocenters. The maximum Gasteiger partial charge on any atom is 0.123 e. The predicted octanol–water partition coefficient (Wildman–Crippen LogP) is 6.19. The zero-order valence-corrected chi connectivity index (χ0v) is 13.2. The maximum absolute atomic E-state index is 12.1. The van der Waals surface area contributed by atoms with Crippen molar-refractivity contribution in [3.63, 3.8) is 0 Å². The standard InChI is InChI=1S/C10H14.C7H7F.C2H6/c1-2-3-7-10-8-5-4-6-9-10;1-6-2-4-7(8)5-3-6;1-2/h4-6,8-9H,2-3,7H2,1H3;2-5H,1H3;1-2H3. The summed E-state index contributed by atoms with van der Waals surface area (Å²) in [5.74, 6) is -0.171. The van der Waals surface area contributed by atoms with E-state index in [0.29, 0.717) is 0 Å². The smallest absolute Gasteiger partial charge is 0.123 e. The van der Waals surface area contributed by atoms with Crippen LogP contribution in [0.5, 0.6) is 0 Å². The minimum Gasteiger partial charge on any atom is -0.207 e. The summed E-state index contributed by atoms with van der Waals surface area (Å²) in [5, 5.41) is 0. The van der Waals surface area contributed by atoms with Gasteiger partial charge >= 0.3 is 0 Å². The van der Waals surface area contributed by atoms with E-state index < -0.39 is 0 Å². The number of hydrogen-bond acceptors (Lipinski definition) is 0. The van der Waals surface area contributed by atoms with E-state index in [1.807, 2.05) is 20.8 Å². The van der Waals surface area contributed by atoms with Crippen LogP contribution in [0.3, 0.4) is 0 Å². The largest absolute Gasteiger partial charge is 0.207 e. The van der Waals surface area contributed by atoms with Gasteiger partial charge in [0.05, 0.1) is 0 Å². The average Bonchev–Trinajstić information content (AvgIpc) is 2.52. The van der Waals surface area contributed by atoms with Crippen molar-refractivity contribution in [2.24, 2.45) is 0 Å². The Kier molecular flexibility index (Phi) is 11.4. The zero-order valence-electron chi connectivity index (χ0n) is 13.2. The molecule has 0 aliphatic carbocycles. The molecule has 0 aliphatic heterocycles. The Hall–Kier alpha value is -1.63. The summed E-state index contributed by atoms with van der Waals surface area (Å²) < 4.78 is 12.1. The molecule has 1 heteroatoms. The normalized spacial score (nSPS) is 8.85. The van der Waals surface area contributed by atoms with Gasteiger partial charge in [-0.15, -0.1) is 0 Å². The minimum atomic E-state index is -0.171. The van der Waals surface area contributed by atoms with Crippen LogP contribution in [-0.4, -0.2) is 0 Å². The quantitative estimate of drug-likeness (QED) is 0.626. The minimum absolute atomic E-state index is 0.171. The second-order valence-electron chi connectivity index (χ2n) is 4.38. The van der Waals surface area contributed by atoms with Gasteiger partial charge in [-0.2, -0.15) is 0 Å². The highest BCUT2D eigenvalue weighted by Gasteiger charge is 1.87. The molecule has 0 aliphatic rings. The third-order valence-electron chi connectivity index (χ3n) is 2.67. The Labute approximate surface area is 123 Å². The molecule has 0 amide bonds. The third kappa shape index (κ3) is 9.32. The highest BCUT2D eigenvalue weighted by molar-refractivity contribution is 5.14. The molecule has 0 fully saturated rings. The lowest BCUT2D eigenvalue weighted by Gasteiger charge is -1.96. The molecule has 20 heavy (non-hydrogen) atoms. The van der Waals surface area contributed by atoms with Gasteiger partial charge in [0, 0.05) is 0 Å². The summed E-state index contributed by atoms with van der Waals surface area (Å²) in [4.78, 5) is 0. The molecule has 0 aromatic heterocycles. The first-order valence-corrected chi connectivity index (χ1v) is 7.48. The molecule has 0 radical (unpaired) electrons. The lowest BCUT2D eigenvalue weighted by Crippen LogP contribution is -1.81. The van der Waals surface area contributed by atoms with Crippen molar-refractivity contribution in [2.75, 3.05) is 0 Å². The highest BCUT2D eigenvalue weighted by Crippen LogP contribution is 2.03. The van der Waals surface area contributed by atoms with Crippen molar-refractivity contribution >= 4 is 0 Å². The van der Waals surface area contributed by atoms with Crippen LogP contribution in [0.4, 0.5) is 4.39 Å². The third-order valence-corrected chi connectivity index (χ3v) is 2.67. The molecule has 0 saturated carbocycles. The number of rotatable bonds is 3. The Morgan fingerprint density at radius 2 is 1.40 bits per heavy atom. The number of unbranched alkanes of at least 4 members (excludes halogenated alkanes) is 1. The fourth-order valence-corrected chi connectivity index (χ4v) is 1.56. The highest BCUT2D eigenvalue weighted by atomic mass is 19.1. The average molecular weight is 274 g/mol. The number of benzene rings is 2. The topological polar surface area (TPSA) is 0 Å². The fraction of sp³-hybridized carbons (Fsp3) is 0.368. The van der Waals surface area contributed by atoms with Gasteiger partial charge in [0.2, 0.25) is 0 Å². The van der Waals surface area contributed by atoms with E-state index in [9.17, 15) is 4.39 Å². The summed E-state index contributed by atoms with van der Waals surface area (Å²) >= 11 is 0. The van der Waals surface area contributed by atoms with E-state index in [2.05, 4.69) is 37.3 Å². The monoisotopic (exact) mass is 274 g/mol. The molecule has 2 rings (SSSR count). The lowest BCUT2D eigenvalue weighted by molar-refractivity contribution is 0.627. The van der Waals surface area contributed by atoms with Crippen LogP contribution in [0.25, 0.3) is 0 Å². The van der Waals surface area contributed by atoms with Gasteiger partial charge in [-0.3, -0.25) is 0 Å². The van der Waals surface area contributed by atoms with Crippen LogP contribution in [0.1, 0.15) is 44.7 Å². The Bertz CT molecular complexity index is 396. The Morgan fingerprint density at radius 3 is 1.85 bits per heavy atom. The van der Waals surface area contributed by atoms with Gasteiger partial charge in [0.15, 0.2) is 0 Å². The molecule has 0 nitrogen and oxygen atoms in total. The van der Waals surface area contributed by atoms with Crippen molar-refractivity contribution in [2.45, 2.75) is 47.0 Å². The molecule has 0 heterocycles. The molecule has 110 valence electrons. The number of aryl methyl sites for hydroxylation is 2. The SMILES string of the molecule is CC.CCCCc1ccccc1.Cc1ccc(F)cc1. The lowest BCUT2D eigenvalue weighted by atomic mass is 10.1. The molecule has 2 aromatic rings. The second-order valence-corrected chi connectivity index (χ2v) is 4.38. The van der Waals surface area contributed by atoms with E-state index in [-0.39, 0.29) is 5.82 Å². The van der Waals surface area contributed by atoms with Crippen molar-refractivity contribution < 1.29 is 4.39 Å². The summed E-state index contributed by atoms with van der Waals surface area (Å²) in [6, 6.07) is 17.0. The van der Waals surface area contributed by atoms with Crippen LogP contribution in [-0.2, 0) is 6.42 Å². The van der Waals surface area contributed by atoms with Crippen molar-refractivity contribution in [3.05, 3.63) is 71.5 Å². The van der Waals surface area contributed by atoms with E-state index >= 15 is 0 Å². The van der Waals surface area contributed by atoms with Crippen LogP contribution >= 0.6 is 0 Å². The van der Waals surface area contributed by atoms with E-state index in [0.717, 1.165) is 5.56 Å². The Morgan fingerprint density at radius 1 is 0.850 bits per heavy atom. The summed E-state index contributed by atoms with van der Waals surface area (Å²) in [6.07, 6.45) is 3.83. The van der Waals surface area contributed by atoms with Gasteiger partial charge in [-0.05, 0) is 37.5 Å². The first-order valence-electron chi connectivity index (χ1n) is 7.48. The first kappa shape index (κ1) is 18.4. The molecule has 0 spiro atoms. The van der Waals surface area contributed by atoms with Gasteiger partial charge in [-0.25, -0.2) is 4.39 Å². The van der Waals surface area contributed by atoms with Crippen LogP contribution < -0.4 is 0 Å². The van der Waals surface area contributed by atoms with Crippen LogP contribution in [0, 0.1) is 12.7 Å². The number of halogens is 1. The van der Waals surface area contributed by atoms with Crippen LogP contribution in [0.15, 0.2) is 54.6 Å². The van der Waals surface area contributed by atoms with Gasteiger partial charge in [0.25, 0.3) is 0 Å². The zero-order chi connectivity index (χ0) is 15.2. The van der Waals surface area contributed by atoms with Crippen molar-refractivity contribution in [1.82, 2.24) is 0 Å². The number of hydrogen-bond donors (Lipinski definition) is 0. The second kappa shape index (κ2) is 12.4. The fourth-order valence-electron chi connectivity index (χ4n) is 1.56. The Balaban J connectivity index is 0.000000327. The van der Waals surface area contributed by atoms with E-state index in [1.54, 1.807) is 12.1 Å². The van der Waals surface area contributed by atoms with Gasteiger partial charge < -0.3 is 0 Å². The van der Waals surface area contributed by atoms with Gasteiger partial charge in [-0.1, -0.05) is 75.2 Å². The van der Waals surface area contributed by atoms with Crippen molar-refractivity contribution in [3.8, 4) is 0 Å². The maximum atomic E-state index is 12.1. The summed E-state index contributed by atoms with van der Waals surface area (Å²) in [6.45, 7) is 8.16. The molecular formula is C19H27F. The molecule has 0 atom stereocenters. The molecule has 0 bridgehead atoms. The van der Waals surface area contributed by atoms with E-state index in [4.69, 9.17) is 0 Å². The van der Waals surface area contributed by atoms with Gasteiger partial charge in [0.1, 0.15) is 5.82 Å². The van der Waals surface area contributed by atoms with Crippen LogP contribution in [0.2, 0.25) is 0 Å². The molecular weight excluding hydrogens is 247 g/mol. The molecule has 2 aromatic carbocycles. The summed E-state index contributed by atoms with van der Waals surface area (Å²) in [5.41, 5.74) is 2.55. The van der Waals surface area contributed by atoms with Crippen molar-refractivity contribution in [1.29, 1.82) is 0 Å². The molecule has 0 saturated heterocycles. The predicted molar refractivity (Wildman–Crippen MR) is 87.5 cm³/mol.